The molecule has 1 aromatic carbocycles. The monoisotopic (exact) mass is 379 g/mol. The van der Waals surface area contributed by atoms with Gasteiger partial charge >= 0.3 is 0 Å². The van der Waals surface area contributed by atoms with E-state index < -0.39 is 0 Å². The van der Waals surface area contributed by atoms with Crippen LogP contribution in [0.1, 0.15) is 36.0 Å². The maximum atomic E-state index is 12.9. The minimum absolute atomic E-state index is 0. The lowest BCUT2D eigenvalue weighted by molar-refractivity contribution is -0.137. The van der Waals surface area contributed by atoms with E-state index in [2.05, 4.69) is 24.4 Å². The smallest absolute Gasteiger partial charge is 0.228 e. The van der Waals surface area contributed by atoms with Gasteiger partial charge in [-0.1, -0.05) is 17.7 Å². The van der Waals surface area contributed by atoms with Crippen molar-refractivity contribution in [3.8, 4) is 0 Å². The third kappa shape index (κ3) is 4.04. The lowest BCUT2D eigenvalue weighted by atomic mass is 10.0. The maximum Gasteiger partial charge on any atom is 0.228 e. The van der Waals surface area contributed by atoms with Crippen molar-refractivity contribution in [2.45, 2.75) is 46.1 Å². The van der Waals surface area contributed by atoms with Crippen LogP contribution in [0.3, 0.4) is 0 Å². The van der Waals surface area contributed by atoms with E-state index in [9.17, 15) is 9.59 Å². The summed E-state index contributed by atoms with van der Waals surface area (Å²) >= 11 is 0. The maximum absolute atomic E-state index is 12.9. The second-order valence-electron chi connectivity index (χ2n) is 7.56. The van der Waals surface area contributed by atoms with E-state index in [0.29, 0.717) is 19.0 Å². The third-order valence-electron chi connectivity index (χ3n) is 5.52. The average molecular weight is 380 g/mol. The van der Waals surface area contributed by atoms with Gasteiger partial charge in [-0.3, -0.25) is 9.59 Å². The number of rotatable bonds is 3. The van der Waals surface area contributed by atoms with E-state index in [1.165, 1.54) is 5.56 Å². The highest BCUT2D eigenvalue weighted by molar-refractivity contribution is 6.01. The topological polar surface area (TPSA) is 52.7 Å². The van der Waals surface area contributed by atoms with Crippen LogP contribution < -0.4 is 10.2 Å². The fraction of sp³-hybridized carbons (Fsp3) is 0.600. The summed E-state index contributed by atoms with van der Waals surface area (Å²) in [6.07, 6.45) is 2.46. The number of benzene rings is 1. The highest BCUT2D eigenvalue weighted by Crippen LogP contribution is 2.32. The third-order valence-corrected chi connectivity index (χ3v) is 5.52. The molecule has 0 aliphatic carbocycles. The molecule has 0 bridgehead atoms. The van der Waals surface area contributed by atoms with Gasteiger partial charge in [-0.05, 0) is 51.8 Å². The molecule has 2 aliphatic rings. The molecular formula is C20H30ClN3O2. The van der Waals surface area contributed by atoms with Crippen molar-refractivity contribution in [1.82, 2.24) is 10.2 Å². The van der Waals surface area contributed by atoms with E-state index in [-0.39, 0.29) is 30.1 Å². The number of nitrogens with zero attached hydrogens (tertiary/aromatic N) is 2. The highest BCUT2D eigenvalue weighted by atomic mass is 35.5. The van der Waals surface area contributed by atoms with Gasteiger partial charge in [-0.15, -0.1) is 12.4 Å². The zero-order valence-electron chi connectivity index (χ0n) is 16.2. The molecule has 1 aromatic rings. The molecule has 2 aliphatic heterocycles. The Morgan fingerprint density at radius 3 is 2.42 bits per heavy atom. The number of likely N-dealkylation sites (N-methyl/N-ethyl adjacent to an activating group) is 1. The Bertz CT molecular complexity index is 669. The molecular weight excluding hydrogens is 350 g/mol. The van der Waals surface area contributed by atoms with E-state index in [0.717, 1.165) is 42.7 Å². The number of hydrogen-bond acceptors (Lipinski definition) is 3. The molecule has 2 saturated heterocycles. The van der Waals surface area contributed by atoms with E-state index in [4.69, 9.17) is 0 Å². The molecule has 3 rings (SSSR count). The van der Waals surface area contributed by atoms with Gasteiger partial charge < -0.3 is 15.1 Å². The SMILES string of the molecule is CNC1CCCN(C(=O)C2CC(=O)N(c3c(C)cc(C)cc3C)C2)C1.Cl. The summed E-state index contributed by atoms with van der Waals surface area (Å²) in [6.45, 7) is 8.21. The number of carbonyl (C=O) groups excluding carboxylic acids is 2. The van der Waals surface area contributed by atoms with Gasteiger partial charge in [-0.2, -0.15) is 0 Å². The lowest BCUT2D eigenvalue weighted by Crippen LogP contribution is -2.49. The lowest BCUT2D eigenvalue weighted by Gasteiger charge is -2.34. The summed E-state index contributed by atoms with van der Waals surface area (Å²) in [5.74, 6) is -0.0167. The molecule has 6 heteroatoms. The predicted molar refractivity (Wildman–Crippen MR) is 107 cm³/mol. The number of carbonyl (C=O) groups is 2. The van der Waals surface area contributed by atoms with Crippen LogP contribution in [0.4, 0.5) is 5.69 Å². The standard InChI is InChI=1S/C20H29N3O2.ClH/c1-13-8-14(2)19(15(3)9-13)23-11-16(10-18(23)24)20(25)22-7-5-6-17(12-22)21-4;/h8-9,16-17,21H,5-7,10-12H2,1-4H3;1H. The van der Waals surface area contributed by atoms with E-state index in [1.54, 1.807) is 0 Å². The Morgan fingerprint density at radius 1 is 1.15 bits per heavy atom. The summed E-state index contributed by atoms with van der Waals surface area (Å²) < 4.78 is 0. The zero-order valence-corrected chi connectivity index (χ0v) is 17.0. The fourth-order valence-corrected chi connectivity index (χ4v) is 4.36. The first kappa shape index (κ1) is 20.7. The van der Waals surface area contributed by atoms with Gasteiger partial charge in [0.1, 0.15) is 0 Å². The number of anilines is 1. The number of likely N-dealkylation sites (tertiary alicyclic amines) is 1. The Hall–Kier alpha value is -1.59. The fourth-order valence-electron chi connectivity index (χ4n) is 4.36. The quantitative estimate of drug-likeness (QED) is 0.878. The normalized spacial score (nSPS) is 23.2. The minimum Gasteiger partial charge on any atom is -0.341 e. The van der Waals surface area contributed by atoms with Gasteiger partial charge in [0, 0.05) is 37.8 Å². The number of amides is 2. The molecule has 0 saturated carbocycles. The number of nitrogens with one attached hydrogen (secondary N) is 1. The first-order valence-electron chi connectivity index (χ1n) is 9.25. The molecule has 144 valence electrons. The van der Waals surface area contributed by atoms with Crippen LogP contribution in [0, 0.1) is 26.7 Å². The van der Waals surface area contributed by atoms with Crippen molar-refractivity contribution >= 4 is 29.9 Å². The van der Waals surface area contributed by atoms with E-state index in [1.807, 2.05) is 30.7 Å². The Morgan fingerprint density at radius 2 is 1.81 bits per heavy atom. The van der Waals surface area contributed by atoms with Crippen molar-refractivity contribution in [2.75, 3.05) is 31.6 Å². The largest absolute Gasteiger partial charge is 0.341 e. The van der Waals surface area contributed by atoms with Crippen LogP contribution in [-0.2, 0) is 9.59 Å². The van der Waals surface area contributed by atoms with Crippen LogP contribution in [0.25, 0.3) is 0 Å². The Kier molecular flexibility index (Phi) is 6.69. The number of halogens is 1. The molecule has 2 unspecified atom stereocenters. The van der Waals surface area contributed by atoms with Gasteiger partial charge in [0.2, 0.25) is 11.8 Å². The summed E-state index contributed by atoms with van der Waals surface area (Å²) in [5, 5.41) is 3.27. The molecule has 1 N–H and O–H groups in total. The molecule has 2 heterocycles. The average Bonchev–Trinajstić information content (AvgIpc) is 2.95. The highest BCUT2D eigenvalue weighted by Gasteiger charge is 2.39. The second-order valence-corrected chi connectivity index (χ2v) is 7.56. The van der Waals surface area contributed by atoms with Crippen LogP contribution >= 0.6 is 12.4 Å². The van der Waals surface area contributed by atoms with E-state index >= 15 is 0 Å². The van der Waals surface area contributed by atoms with Gasteiger partial charge in [0.05, 0.1) is 5.92 Å². The molecule has 5 nitrogen and oxygen atoms in total. The van der Waals surface area contributed by atoms with Crippen LogP contribution in [0.5, 0.6) is 0 Å². The summed E-state index contributed by atoms with van der Waals surface area (Å²) in [7, 11) is 1.95. The molecule has 0 spiro atoms. The van der Waals surface area contributed by atoms with Crippen LogP contribution in [0.2, 0.25) is 0 Å². The molecule has 2 amide bonds. The van der Waals surface area contributed by atoms with Crippen molar-refractivity contribution in [3.05, 3.63) is 28.8 Å². The molecule has 2 fully saturated rings. The summed E-state index contributed by atoms with van der Waals surface area (Å²) in [6, 6.07) is 4.58. The Labute approximate surface area is 162 Å². The zero-order chi connectivity index (χ0) is 18.1. The van der Waals surface area contributed by atoms with Crippen molar-refractivity contribution in [2.24, 2.45) is 5.92 Å². The number of piperidine rings is 1. The molecule has 0 radical (unpaired) electrons. The van der Waals surface area contributed by atoms with Gasteiger partial charge in [0.15, 0.2) is 0 Å². The first-order chi connectivity index (χ1) is 11.9. The first-order valence-corrected chi connectivity index (χ1v) is 9.25. The summed E-state index contributed by atoms with van der Waals surface area (Å²) in [4.78, 5) is 29.3. The molecule has 26 heavy (non-hydrogen) atoms. The van der Waals surface area contributed by atoms with Gasteiger partial charge in [-0.25, -0.2) is 0 Å². The van der Waals surface area contributed by atoms with Crippen LogP contribution in [0.15, 0.2) is 12.1 Å². The Balaban J connectivity index is 0.00000243. The summed E-state index contributed by atoms with van der Waals surface area (Å²) in [5.41, 5.74) is 4.39. The van der Waals surface area contributed by atoms with Crippen molar-refractivity contribution < 1.29 is 9.59 Å². The van der Waals surface area contributed by atoms with Crippen molar-refractivity contribution in [1.29, 1.82) is 0 Å². The predicted octanol–water partition coefficient (Wildman–Crippen LogP) is 2.60. The van der Waals surface area contributed by atoms with Gasteiger partial charge in [0.25, 0.3) is 0 Å². The van der Waals surface area contributed by atoms with Crippen LogP contribution in [-0.4, -0.2) is 49.4 Å². The number of aryl methyl sites for hydroxylation is 3. The minimum atomic E-state index is -0.219. The molecule has 2 atom stereocenters. The second kappa shape index (κ2) is 8.40. The van der Waals surface area contributed by atoms with Crippen molar-refractivity contribution in [3.63, 3.8) is 0 Å². The number of hydrogen-bond donors (Lipinski definition) is 1. The molecule has 0 aromatic heterocycles.